The van der Waals surface area contributed by atoms with E-state index in [1.54, 1.807) is 0 Å². The Bertz CT molecular complexity index is 538. The molecule has 0 spiro atoms. The van der Waals surface area contributed by atoms with E-state index >= 15 is 0 Å². The molecular formula is C17H26O3S. The molecule has 0 aliphatic heterocycles. The lowest BCUT2D eigenvalue weighted by Gasteiger charge is -2.32. The third-order valence-electron chi connectivity index (χ3n) is 4.78. The van der Waals surface area contributed by atoms with Crippen LogP contribution in [0.2, 0.25) is 0 Å². The van der Waals surface area contributed by atoms with E-state index in [4.69, 9.17) is 0 Å². The van der Waals surface area contributed by atoms with Crippen LogP contribution in [0.25, 0.3) is 0 Å². The summed E-state index contributed by atoms with van der Waals surface area (Å²) in [5.74, 6) is 0.407. The van der Waals surface area contributed by atoms with Crippen molar-refractivity contribution in [1.29, 1.82) is 0 Å². The molecule has 1 aromatic rings. The lowest BCUT2D eigenvalue weighted by atomic mass is 9.81. The van der Waals surface area contributed by atoms with E-state index in [2.05, 4.69) is 19.1 Å². The molecule has 1 saturated carbocycles. The smallest absolute Gasteiger partial charge is 0.150 e. The van der Waals surface area contributed by atoms with Crippen molar-refractivity contribution < 1.29 is 13.5 Å². The summed E-state index contributed by atoms with van der Waals surface area (Å²) in [7, 11) is -2.98. The molecule has 4 atom stereocenters. The SMILES string of the molecule is CC(CC(O)C1CCCC(S(C)(=O)=O)C1)c1ccccc1. The van der Waals surface area contributed by atoms with Crippen molar-refractivity contribution in [2.75, 3.05) is 6.26 Å². The standard InChI is InChI=1S/C17H26O3S/c1-13(14-7-4-3-5-8-14)11-17(18)15-9-6-10-16(12-15)21(2,19)20/h3-5,7-8,13,15-18H,6,9-12H2,1-2H3. The van der Waals surface area contributed by atoms with Crippen LogP contribution in [0.3, 0.4) is 0 Å². The average Bonchev–Trinajstić information content (AvgIpc) is 2.47. The van der Waals surface area contributed by atoms with Gasteiger partial charge in [0.05, 0.1) is 11.4 Å². The summed E-state index contributed by atoms with van der Waals surface area (Å²) in [6.45, 7) is 2.12. The minimum absolute atomic E-state index is 0.115. The van der Waals surface area contributed by atoms with E-state index in [1.165, 1.54) is 11.8 Å². The third kappa shape index (κ3) is 4.55. The Balaban J connectivity index is 1.95. The Hall–Kier alpha value is -0.870. The summed E-state index contributed by atoms with van der Waals surface area (Å²) < 4.78 is 23.4. The molecule has 3 nitrogen and oxygen atoms in total. The van der Waals surface area contributed by atoms with Gasteiger partial charge in [-0.2, -0.15) is 0 Å². The summed E-state index contributed by atoms with van der Waals surface area (Å²) in [5, 5.41) is 10.2. The fraction of sp³-hybridized carbons (Fsp3) is 0.647. The van der Waals surface area contributed by atoms with Gasteiger partial charge in [0.1, 0.15) is 9.84 Å². The van der Waals surface area contributed by atoms with Crippen molar-refractivity contribution in [3.63, 3.8) is 0 Å². The minimum Gasteiger partial charge on any atom is -0.393 e. The Kier molecular flexibility index (Phi) is 5.44. The molecule has 0 bridgehead atoms. The van der Waals surface area contributed by atoms with Crippen LogP contribution < -0.4 is 0 Å². The van der Waals surface area contributed by atoms with Gasteiger partial charge in [0.2, 0.25) is 0 Å². The Morgan fingerprint density at radius 3 is 2.52 bits per heavy atom. The van der Waals surface area contributed by atoms with Crippen molar-refractivity contribution in [3.05, 3.63) is 35.9 Å². The second kappa shape index (κ2) is 6.93. The molecule has 1 aromatic carbocycles. The molecule has 4 heteroatoms. The molecule has 2 rings (SSSR count). The quantitative estimate of drug-likeness (QED) is 0.909. The van der Waals surface area contributed by atoms with Gasteiger partial charge >= 0.3 is 0 Å². The molecular weight excluding hydrogens is 284 g/mol. The number of sulfone groups is 1. The van der Waals surface area contributed by atoms with Crippen molar-refractivity contribution in [3.8, 4) is 0 Å². The second-order valence-electron chi connectivity index (χ2n) is 6.49. The van der Waals surface area contributed by atoms with Crippen molar-refractivity contribution in [2.24, 2.45) is 5.92 Å². The number of benzene rings is 1. The highest BCUT2D eigenvalue weighted by molar-refractivity contribution is 7.91. The zero-order valence-corrected chi connectivity index (χ0v) is 13.7. The first-order valence-corrected chi connectivity index (χ1v) is 9.75. The number of aliphatic hydroxyl groups is 1. The molecule has 118 valence electrons. The summed E-state index contributed by atoms with van der Waals surface area (Å²) >= 11 is 0. The zero-order chi connectivity index (χ0) is 15.5. The van der Waals surface area contributed by atoms with Crippen LogP contribution in [0.1, 0.15) is 50.5 Å². The van der Waals surface area contributed by atoms with Gasteiger partial charge < -0.3 is 5.11 Å². The number of rotatable bonds is 5. The second-order valence-corrected chi connectivity index (χ2v) is 8.82. The molecule has 0 saturated heterocycles. The van der Waals surface area contributed by atoms with Gasteiger partial charge in [0.25, 0.3) is 0 Å². The summed E-state index contributed by atoms with van der Waals surface area (Å²) in [5.41, 5.74) is 1.23. The van der Waals surface area contributed by atoms with Crippen molar-refractivity contribution in [2.45, 2.75) is 56.3 Å². The number of hydrogen-bond donors (Lipinski definition) is 1. The van der Waals surface area contributed by atoms with Crippen LogP contribution in [0, 0.1) is 5.92 Å². The Morgan fingerprint density at radius 1 is 1.24 bits per heavy atom. The van der Waals surface area contributed by atoms with Gasteiger partial charge in [-0.1, -0.05) is 43.7 Å². The van der Waals surface area contributed by atoms with Gasteiger partial charge in [0.15, 0.2) is 0 Å². The predicted octanol–water partition coefficient (Wildman–Crippen LogP) is 3.14. The maximum atomic E-state index is 11.7. The molecule has 4 unspecified atom stereocenters. The molecule has 1 N–H and O–H groups in total. The monoisotopic (exact) mass is 310 g/mol. The van der Waals surface area contributed by atoms with Crippen LogP contribution in [-0.2, 0) is 9.84 Å². The highest BCUT2D eigenvalue weighted by atomic mass is 32.2. The minimum atomic E-state index is -2.98. The Labute approximate surface area is 128 Å². The molecule has 0 radical (unpaired) electrons. The van der Waals surface area contributed by atoms with Gasteiger partial charge in [-0.05, 0) is 43.1 Å². The summed E-state index contributed by atoms with van der Waals surface area (Å²) in [6.07, 6.45) is 4.81. The zero-order valence-electron chi connectivity index (χ0n) is 12.9. The lowest BCUT2D eigenvalue weighted by molar-refractivity contribution is 0.0729. The van der Waals surface area contributed by atoms with Crippen LogP contribution in [-0.4, -0.2) is 31.1 Å². The highest BCUT2D eigenvalue weighted by Gasteiger charge is 2.32. The van der Waals surface area contributed by atoms with Gasteiger partial charge in [0, 0.05) is 6.26 Å². The van der Waals surface area contributed by atoms with E-state index in [-0.39, 0.29) is 11.2 Å². The van der Waals surface area contributed by atoms with E-state index in [0.717, 1.165) is 19.3 Å². The third-order valence-corrected chi connectivity index (χ3v) is 6.42. The van der Waals surface area contributed by atoms with E-state index in [0.29, 0.717) is 18.8 Å². The molecule has 1 fully saturated rings. The molecule has 1 aliphatic carbocycles. The number of hydrogen-bond acceptors (Lipinski definition) is 3. The normalized spacial score (nSPS) is 26.2. The molecule has 0 heterocycles. The molecule has 0 aromatic heterocycles. The fourth-order valence-electron chi connectivity index (χ4n) is 3.39. The van der Waals surface area contributed by atoms with Crippen molar-refractivity contribution in [1.82, 2.24) is 0 Å². The molecule has 0 amide bonds. The fourth-order valence-corrected chi connectivity index (χ4v) is 4.58. The molecule has 21 heavy (non-hydrogen) atoms. The van der Waals surface area contributed by atoms with E-state index in [1.807, 2.05) is 18.2 Å². The predicted molar refractivity (Wildman–Crippen MR) is 86.1 cm³/mol. The summed E-state index contributed by atoms with van der Waals surface area (Å²) in [6, 6.07) is 10.2. The maximum Gasteiger partial charge on any atom is 0.150 e. The number of aliphatic hydroxyl groups excluding tert-OH is 1. The molecule has 1 aliphatic rings. The first-order valence-electron chi connectivity index (χ1n) is 7.80. The van der Waals surface area contributed by atoms with E-state index in [9.17, 15) is 13.5 Å². The van der Waals surface area contributed by atoms with E-state index < -0.39 is 15.9 Å². The largest absolute Gasteiger partial charge is 0.393 e. The van der Waals surface area contributed by atoms with Crippen LogP contribution in [0.15, 0.2) is 30.3 Å². The van der Waals surface area contributed by atoms with Gasteiger partial charge in [-0.3, -0.25) is 0 Å². The summed E-state index contributed by atoms with van der Waals surface area (Å²) in [4.78, 5) is 0. The first kappa shape index (κ1) is 16.5. The van der Waals surface area contributed by atoms with Crippen LogP contribution >= 0.6 is 0 Å². The average molecular weight is 310 g/mol. The Morgan fingerprint density at radius 2 is 1.90 bits per heavy atom. The van der Waals surface area contributed by atoms with Gasteiger partial charge in [-0.25, -0.2) is 8.42 Å². The van der Waals surface area contributed by atoms with Gasteiger partial charge in [-0.15, -0.1) is 0 Å². The lowest BCUT2D eigenvalue weighted by Crippen LogP contribution is -2.33. The highest BCUT2D eigenvalue weighted by Crippen LogP contribution is 2.34. The van der Waals surface area contributed by atoms with Crippen LogP contribution in [0.5, 0.6) is 0 Å². The van der Waals surface area contributed by atoms with Crippen molar-refractivity contribution >= 4 is 9.84 Å². The topological polar surface area (TPSA) is 54.4 Å². The first-order chi connectivity index (χ1) is 9.88. The maximum absolute atomic E-state index is 11.7. The van der Waals surface area contributed by atoms with Crippen LogP contribution in [0.4, 0.5) is 0 Å².